The van der Waals surface area contributed by atoms with Crippen molar-refractivity contribution >= 4 is 28.9 Å². The van der Waals surface area contributed by atoms with E-state index in [9.17, 15) is 0 Å². The van der Waals surface area contributed by atoms with Crippen LogP contribution in [0.5, 0.6) is 11.5 Å². The maximum atomic E-state index is 6.16. The van der Waals surface area contributed by atoms with Crippen LogP contribution in [0.15, 0.2) is 36.4 Å². The lowest BCUT2D eigenvalue weighted by Crippen LogP contribution is -2.08. The van der Waals surface area contributed by atoms with E-state index < -0.39 is 0 Å². The molecule has 0 amide bonds. The molecule has 2 aromatic carbocycles. The summed E-state index contributed by atoms with van der Waals surface area (Å²) in [6, 6.07) is 11.3. The number of ether oxygens (including phenoxy) is 2. The van der Waals surface area contributed by atoms with Gasteiger partial charge < -0.3 is 14.8 Å². The van der Waals surface area contributed by atoms with Crippen molar-refractivity contribution in [2.24, 2.45) is 0 Å². The van der Waals surface area contributed by atoms with Gasteiger partial charge in [0.25, 0.3) is 0 Å². The molecule has 2 rings (SSSR count). The first kappa shape index (κ1) is 17.8. The second-order valence-corrected chi connectivity index (χ2v) is 6.20. The Morgan fingerprint density at radius 2 is 1.83 bits per heavy atom. The first-order valence-corrected chi connectivity index (χ1v) is 8.36. The number of rotatable bonds is 7. The molecule has 0 aliphatic heterocycles. The molecule has 0 saturated carbocycles. The minimum atomic E-state index is 0.100. The van der Waals surface area contributed by atoms with E-state index in [0.717, 1.165) is 22.7 Å². The number of hydrogen-bond acceptors (Lipinski definition) is 3. The van der Waals surface area contributed by atoms with Crippen LogP contribution in [-0.2, 0) is 6.54 Å². The molecule has 2 aromatic rings. The number of anilines is 1. The zero-order chi connectivity index (χ0) is 16.8. The fourth-order valence-corrected chi connectivity index (χ4v) is 2.47. The summed E-state index contributed by atoms with van der Waals surface area (Å²) in [5.74, 6) is 1.50. The molecule has 5 heteroatoms. The summed E-state index contributed by atoms with van der Waals surface area (Å²) in [6.07, 6.45) is 0.100. The lowest BCUT2D eigenvalue weighted by atomic mass is 10.2. The standard InChI is InChI=1S/C18H21Cl2NO2/c1-4-22-18-9-13(5-8-17(18)23-12(2)3)11-21-16-10-14(19)6-7-15(16)20/h5-10,12,21H,4,11H2,1-3H3. The molecule has 0 aliphatic carbocycles. The van der Waals surface area contributed by atoms with Gasteiger partial charge >= 0.3 is 0 Å². The molecule has 124 valence electrons. The average Bonchev–Trinajstić information content (AvgIpc) is 2.50. The SMILES string of the molecule is CCOc1cc(CNc2cc(Cl)ccc2Cl)ccc1OC(C)C. The van der Waals surface area contributed by atoms with Crippen LogP contribution in [-0.4, -0.2) is 12.7 Å². The minimum Gasteiger partial charge on any atom is -0.490 e. The summed E-state index contributed by atoms with van der Waals surface area (Å²) < 4.78 is 11.4. The predicted octanol–water partition coefficient (Wildman–Crippen LogP) is 5.79. The molecule has 0 spiro atoms. The van der Waals surface area contributed by atoms with Crippen molar-refractivity contribution < 1.29 is 9.47 Å². The highest BCUT2D eigenvalue weighted by Crippen LogP contribution is 2.30. The highest BCUT2D eigenvalue weighted by molar-refractivity contribution is 6.35. The molecule has 1 N–H and O–H groups in total. The third kappa shape index (κ3) is 5.22. The number of benzene rings is 2. The Bertz CT molecular complexity index is 659. The van der Waals surface area contributed by atoms with E-state index in [0.29, 0.717) is 23.2 Å². The van der Waals surface area contributed by atoms with Crippen molar-refractivity contribution in [3.8, 4) is 11.5 Å². The zero-order valence-electron chi connectivity index (χ0n) is 13.5. The van der Waals surface area contributed by atoms with E-state index in [1.807, 2.05) is 45.0 Å². The van der Waals surface area contributed by atoms with Crippen molar-refractivity contribution in [2.75, 3.05) is 11.9 Å². The van der Waals surface area contributed by atoms with Gasteiger partial charge in [-0.3, -0.25) is 0 Å². The maximum Gasteiger partial charge on any atom is 0.161 e. The summed E-state index contributed by atoms with van der Waals surface area (Å²) in [7, 11) is 0. The minimum absolute atomic E-state index is 0.100. The van der Waals surface area contributed by atoms with Crippen LogP contribution in [0.25, 0.3) is 0 Å². The van der Waals surface area contributed by atoms with E-state index in [1.54, 1.807) is 12.1 Å². The van der Waals surface area contributed by atoms with Crippen molar-refractivity contribution in [1.82, 2.24) is 0 Å². The monoisotopic (exact) mass is 353 g/mol. The highest BCUT2D eigenvalue weighted by Gasteiger charge is 2.09. The van der Waals surface area contributed by atoms with Gasteiger partial charge in [0, 0.05) is 11.6 Å². The number of halogens is 2. The van der Waals surface area contributed by atoms with E-state index in [1.165, 1.54) is 0 Å². The van der Waals surface area contributed by atoms with E-state index in [4.69, 9.17) is 32.7 Å². The third-order valence-corrected chi connectivity index (χ3v) is 3.65. The normalized spacial score (nSPS) is 10.7. The molecule has 3 nitrogen and oxygen atoms in total. The number of hydrogen-bond donors (Lipinski definition) is 1. The first-order valence-electron chi connectivity index (χ1n) is 7.61. The summed E-state index contributed by atoms with van der Waals surface area (Å²) in [6.45, 7) is 7.14. The van der Waals surface area contributed by atoms with Gasteiger partial charge in [0.15, 0.2) is 11.5 Å². The molecule has 0 aliphatic rings. The van der Waals surface area contributed by atoms with E-state index >= 15 is 0 Å². The summed E-state index contributed by atoms with van der Waals surface area (Å²) >= 11 is 12.2. The van der Waals surface area contributed by atoms with Gasteiger partial charge in [-0.2, -0.15) is 0 Å². The van der Waals surface area contributed by atoms with E-state index in [-0.39, 0.29) is 6.10 Å². The summed E-state index contributed by atoms with van der Waals surface area (Å²) in [4.78, 5) is 0. The van der Waals surface area contributed by atoms with E-state index in [2.05, 4.69) is 5.32 Å². The van der Waals surface area contributed by atoms with Crippen molar-refractivity contribution in [3.63, 3.8) is 0 Å². The quantitative estimate of drug-likeness (QED) is 0.682. The van der Waals surface area contributed by atoms with Gasteiger partial charge in [0.1, 0.15) is 0 Å². The Morgan fingerprint density at radius 1 is 1.04 bits per heavy atom. The highest BCUT2D eigenvalue weighted by atomic mass is 35.5. The molecule has 0 fully saturated rings. The first-order chi connectivity index (χ1) is 11.0. The Morgan fingerprint density at radius 3 is 2.52 bits per heavy atom. The molecule has 0 radical (unpaired) electrons. The van der Waals surface area contributed by atoms with Gasteiger partial charge in [-0.15, -0.1) is 0 Å². The lowest BCUT2D eigenvalue weighted by Gasteiger charge is -2.16. The molecule has 23 heavy (non-hydrogen) atoms. The molecular weight excluding hydrogens is 333 g/mol. The molecule has 0 saturated heterocycles. The summed E-state index contributed by atoms with van der Waals surface area (Å²) in [5.41, 5.74) is 1.88. The van der Waals surface area contributed by atoms with Crippen LogP contribution in [0, 0.1) is 0 Å². The predicted molar refractivity (Wildman–Crippen MR) is 97.2 cm³/mol. The molecule has 0 atom stereocenters. The Hall–Kier alpha value is -1.58. The molecule has 0 heterocycles. The smallest absolute Gasteiger partial charge is 0.161 e. The lowest BCUT2D eigenvalue weighted by molar-refractivity contribution is 0.223. The van der Waals surface area contributed by atoms with Crippen molar-refractivity contribution in [1.29, 1.82) is 0 Å². The average molecular weight is 354 g/mol. The Labute approximate surface area is 147 Å². The Kier molecular flexibility index (Phi) is 6.43. The van der Waals surface area contributed by atoms with Gasteiger partial charge in [0.2, 0.25) is 0 Å². The largest absolute Gasteiger partial charge is 0.490 e. The van der Waals surface area contributed by atoms with Crippen LogP contribution in [0.1, 0.15) is 26.3 Å². The third-order valence-electron chi connectivity index (χ3n) is 3.08. The fourth-order valence-electron chi connectivity index (χ4n) is 2.11. The molecule has 0 bridgehead atoms. The molecule has 0 unspecified atom stereocenters. The fraction of sp³-hybridized carbons (Fsp3) is 0.333. The summed E-state index contributed by atoms with van der Waals surface area (Å²) in [5, 5.41) is 4.57. The van der Waals surface area contributed by atoms with Gasteiger partial charge in [-0.1, -0.05) is 29.3 Å². The van der Waals surface area contributed by atoms with Crippen LogP contribution in [0.4, 0.5) is 5.69 Å². The maximum absolute atomic E-state index is 6.16. The zero-order valence-corrected chi connectivity index (χ0v) is 15.0. The molecular formula is C18H21Cl2NO2. The van der Waals surface area contributed by atoms with Crippen LogP contribution < -0.4 is 14.8 Å². The second-order valence-electron chi connectivity index (χ2n) is 5.36. The van der Waals surface area contributed by atoms with Gasteiger partial charge in [0.05, 0.1) is 23.4 Å². The van der Waals surface area contributed by atoms with Crippen molar-refractivity contribution in [3.05, 3.63) is 52.0 Å². The topological polar surface area (TPSA) is 30.5 Å². The molecule has 0 aromatic heterocycles. The van der Waals surface area contributed by atoms with Crippen molar-refractivity contribution in [2.45, 2.75) is 33.4 Å². The van der Waals surface area contributed by atoms with Crippen LogP contribution in [0.2, 0.25) is 10.0 Å². The Balaban J connectivity index is 2.13. The van der Waals surface area contributed by atoms with Gasteiger partial charge in [-0.25, -0.2) is 0 Å². The number of nitrogens with one attached hydrogen (secondary N) is 1. The van der Waals surface area contributed by atoms with Gasteiger partial charge in [-0.05, 0) is 56.7 Å². The second kappa shape index (κ2) is 8.32. The van der Waals surface area contributed by atoms with Crippen LogP contribution >= 0.6 is 23.2 Å². The van der Waals surface area contributed by atoms with Crippen LogP contribution in [0.3, 0.4) is 0 Å².